The lowest BCUT2D eigenvalue weighted by Crippen LogP contribution is -2.39. The van der Waals surface area contributed by atoms with E-state index in [2.05, 4.69) is 88.1 Å². The number of aliphatic imine (C=N–C) groups is 2. The first-order chi connectivity index (χ1) is 21.5. The van der Waals surface area contributed by atoms with Gasteiger partial charge in [0.2, 0.25) is 0 Å². The molecule has 0 N–H and O–H groups in total. The zero-order valence-corrected chi connectivity index (χ0v) is 26.8. The molecule has 9 nitrogen and oxygen atoms in total. The molecule has 3 heterocycles. The topological polar surface area (TPSA) is 78.7 Å². The van der Waals surface area contributed by atoms with Gasteiger partial charge in [-0.2, -0.15) is 9.97 Å². The molecule has 1 atom stereocenters. The summed E-state index contributed by atoms with van der Waals surface area (Å²) in [5.41, 5.74) is 4.92. The van der Waals surface area contributed by atoms with Gasteiger partial charge in [0.1, 0.15) is 12.4 Å². The highest BCUT2D eigenvalue weighted by Gasteiger charge is 2.31. The predicted molar refractivity (Wildman–Crippen MR) is 178 cm³/mol. The van der Waals surface area contributed by atoms with Crippen LogP contribution in [-0.4, -0.2) is 93.1 Å². The largest absolute Gasteiger partial charge is 0.462 e. The molecule has 44 heavy (non-hydrogen) atoms. The van der Waals surface area contributed by atoms with Gasteiger partial charge in [0.25, 0.3) is 0 Å². The summed E-state index contributed by atoms with van der Waals surface area (Å²) in [4.78, 5) is 26.3. The van der Waals surface area contributed by atoms with E-state index in [1.54, 1.807) is 7.11 Å². The van der Waals surface area contributed by atoms with Crippen LogP contribution in [0, 0.1) is 6.92 Å². The molecule has 1 aromatic heterocycles. The van der Waals surface area contributed by atoms with Gasteiger partial charge in [-0.25, -0.2) is 9.98 Å². The summed E-state index contributed by atoms with van der Waals surface area (Å²) in [6, 6.07) is 17.7. The summed E-state index contributed by atoms with van der Waals surface area (Å²) in [5, 5.41) is 2.61. The van der Waals surface area contributed by atoms with Gasteiger partial charge in [-0.15, -0.1) is 0 Å². The summed E-state index contributed by atoms with van der Waals surface area (Å²) < 4.78 is 11.4. The molecule has 0 spiro atoms. The maximum absolute atomic E-state index is 6.37. The first-order valence-corrected chi connectivity index (χ1v) is 16.3. The van der Waals surface area contributed by atoms with E-state index < -0.39 is 0 Å². The first-order valence-electron chi connectivity index (χ1n) is 16.3. The Balaban J connectivity index is 1.24. The summed E-state index contributed by atoms with van der Waals surface area (Å²) >= 11 is 0. The van der Waals surface area contributed by atoms with Crippen molar-refractivity contribution in [1.82, 2.24) is 14.9 Å². The summed E-state index contributed by atoms with van der Waals surface area (Å²) in [6.07, 6.45) is 7.46. The van der Waals surface area contributed by atoms with E-state index >= 15 is 0 Å². The molecule has 9 heteroatoms. The maximum atomic E-state index is 6.37. The maximum Gasteiger partial charge on any atom is 0.318 e. The molecule has 2 aliphatic heterocycles. The van der Waals surface area contributed by atoms with E-state index in [1.165, 1.54) is 34.0 Å². The fraction of sp³-hybridized carbons (Fsp3) is 0.571. The third kappa shape index (κ3) is 6.75. The number of aromatic nitrogens is 2. The molecule has 0 bridgehead atoms. The quantitative estimate of drug-likeness (QED) is 0.224. The van der Waals surface area contributed by atoms with Crippen LogP contribution in [0.25, 0.3) is 10.8 Å². The van der Waals surface area contributed by atoms with E-state index in [0.29, 0.717) is 37.9 Å². The lowest BCUT2D eigenvalue weighted by molar-refractivity contribution is 0.187. The molecule has 1 saturated heterocycles. The number of hydrogen-bond donors (Lipinski definition) is 0. The lowest BCUT2D eigenvalue weighted by Gasteiger charge is -2.37. The predicted octanol–water partition coefficient (Wildman–Crippen LogP) is 5.54. The smallest absolute Gasteiger partial charge is 0.318 e. The van der Waals surface area contributed by atoms with Gasteiger partial charge >= 0.3 is 6.01 Å². The Morgan fingerprint density at radius 1 is 1.05 bits per heavy atom. The molecule has 3 aliphatic rings. The van der Waals surface area contributed by atoms with E-state index in [9.17, 15) is 0 Å². The molecule has 1 aliphatic carbocycles. The van der Waals surface area contributed by atoms with Crippen molar-refractivity contribution in [3.05, 3.63) is 53.2 Å². The number of nitrogens with zero attached hydrogens (tertiary/aromatic N) is 7. The van der Waals surface area contributed by atoms with Gasteiger partial charge in [0, 0.05) is 49.4 Å². The van der Waals surface area contributed by atoms with Gasteiger partial charge < -0.3 is 24.2 Å². The van der Waals surface area contributed by atoms with Crippen molar-refractivity contribution in [1.29, 1.82) is 0 Å². The van der Waals surface area contributed by atoms with Crippen LogP contribution in [0.15, 0.2) is 46.4 Å². The zero-order chi connectivity index (χ0) is 30.5. The molecule has 234 valence electrons. The molecule has 3 aromatic rings. The number of fused-ring (bicyclic) bond motifs is 2. The van der Waals surface area contributed by atoms with Crippen LogP contribution in [0.2, 0.25) is 0 Å². The van der Waals surface area contributed by atoms with Crippen LogP contribution in [0.1, 0.15) is 55.3 Å². The van der Waals surface area contributed by atoms with Crippen LogP contribution >= 0.6 is 0 Å². The van der Waals surface area contributed by atoms with E-state index in [-0.39, 0.29) is 6.04 Å². The molecule has 0 amide bonds. The standard InChI is InChI=1S/C35H47N7O2/c1-25-8-5-9-26-10-6-12-32(33(25)26)42-20-17-30-31(22-42)38-35(44-23-29-11-7-19-40(29)2)39-34(30)41(3)28-15-13-27(14-16-28)37-24-36-18-21-43-4/h5-6,8-10,12,27-29H,7,11,13-23H2,1-4H3/t27-,28-,29-/m0/s1. The Bertz CT molecular complexity index is 1490. The number of rotatable bonds is 10. The SMILES string of the molecule is COCCN=C=N[C@H]1CC[C@H](N(C)c2nc(OC[C@@H]3CCCN3C)nc3c2CCN(c2cccc4cccc(C)c24)C3)CC1. The van der Waals surface area contributed by atoms with Crippen molar-refractivity contribution >= 4 is 28.3 Å². The highest BCUT2D eigenvalue weighted by atomic mass is 16.5. The lowest BCUT2D eigenvalue weighted by atomic mass is 9.90. The second-order valence-corrected chi connectivity index (χ2v) is 12.6. The average Bonchev–Trinajstić information content (AvgIpc) is 3.47. The molecule has 2 aromatic carbocycles. The highest BCUT2D eigenvalue weighted by Crippen LogP contribution is 2.37. The van der Waals surface area contributed by atoms with Gasteiger partial charge in [0.15, 0.2) is 0 Å². The molecule has 0 radical (unpaired) electrons. The molecule has 1 saturated carbocycles. The summed E-state index contributed by atoms with van der Waals surface area (Å²) in [6.45, 7) is 6.84. The normalized spacial score (nSPS) is 22.0. The molecule has 0 unspecified atom stereocenters. The van der Waals surface area contributed by atoms with Crippen molar-refractivity contribution in [3.63, 3.8) is 0 Å². The first kappa shape index (κ1) is 30.5. The van der Waals surface area contributed by atoms with Crippen LogP contribution in [0.3, 0.4) is 0 Å². The second-order valence-electron chi connectivity index (χ2n) is 12.6. The number of methoxy groups -OCH3 is 1. The zero-order valence-electron chi connectivity index (χ0n) is 26.8. The fourth-order valence-corrected chi connectivity index (χ4v) is 7.14. The van der Waals surface area contributed by atoms with Gasteiger partial charge in [-0.1, -0.05) is 30.3 Å². The van der Waals surface area contributed by atoms with E-state index in [0.717, 1.165) is 69.7 Å². The van der Waals surface area contributed by atoms with Crippen molar-refractivity contribution < 1.29 is 9.47 Å². The monoisotopic (exact) mass is 597 g/mol. The third-order valence-electron chi connectivity index (χ3n) is 9.80. The average molecular weight is 598 g/mol. The minimum Gasteiger partial charge on any atom is -0.462 e. The van der Waals surface area contributed by atoms with Crippen molar-refractivity contribution in [3.8, 4) is 6.01 Å². The Labute approximate surface area is 262 Å². The van der Waals surface area contributed by atoms with Gasteiger partial charge in [-0.05, 0) is 82.5 Å². The number of anilines is 2. The molecule has 6 rings (SSSR count). The molecular weight excluding hydrogens is 550 g/mol. The van der Waals surface area contributed by atoms with Crippen LogP contribution in [0.5, 0.6) is 6.01 Å². The highest BCUT2D eigenvalue weighted by molar-refractivity contribution is 5.97. The third-order valence-corrected chi connectivity index (χ3v) is 9.80. The summed E-state index contributed by atoms with van der Waals surface area (Å²) in [5.74, 6) is 1.03. The van der Waals surface area contributed by atoms with Crippen molar-refractivity contribution in [2.75, 3.05) is 63.9 Å². The second kappa shape index (κ2) is 14.1. The Hall–Kier alpha value is -3.52. The minimum atomic E-state index is 0.283. The number of aryl methyl sites for hydroxylation is 1. The van der Waals surface area contributed by atoms with E-state index in [4.69, 9.17) is 19.4 Å². The number of likely N-dealkylation sites (N-methyl/N-ethyl adjacent to an activating group) is 1. The fourth-order valence-electron chi connectivity index (χ4n) is 7.14. The number of ether oxygens (including phenoxy) is 2. The number of likely N-dealkylation sites (tertiary alicyclic amines) is 1. The van der Waals surface area contributed by atoms with Crippen LogP contribution in [0.4, 0.5) is 11.5 Å². The van der Waals surface area contributed by atoms with Crippen LogP contribution < -0.4 is 14.5 Å². The Kier molecular flexibility index (Phi) is 9.75. The minimum absolute atomic E-state index is 0.283. The van der Waals surface area contributed by atoms with Gasteiger partial charge in [-0.3, -0.25) is 0 Å². The number of benzene rings is 2. The van der Waals surface area contributed by atoms with E-state index in [1.807, 2.05) is 0 Å². The Morgan fingerprint density at radius 2 is 1.86 bits per heavy atom. The molecular formula is C35H47N7O2. The number of hydrogen-bond acceptors (Lipinski definition) is 9. The van der Waals surface area contributed by atoms with Crippen LogP contribution in [-0.2, 0) is 17.7 Å². The summed E-state index contributed by atoms with van der Waals surface area (Å²) in [7, 11) is 6.08. The van der Waals surface area contributed by atoms with Crippen molar-refractivity contribution in [2.24, 2.45) is 9.98 Å². The molecule has 2 fully saturated rings. The Morgan fingerprint density at radius 3 is 2.64 bits per heavy atom. The van der Waals surface area contributed by atoms with Crippen molar-refractivity contribution in [2.45, 2.75) is 76.5 Å². The van der Waals surface area contributed by atoms with Gasteiger partial charge in [0.05, 0.1) is 37.4 Å².